The second-order valence-electron chi connectivity index (χ2n) is 7.55. The van der Waals surface area contributed by atoms with Gasteiger partial charge in [-0.05, 0) is 13.8 Å². The number of rotatable bonds is 3. The molecule has 2 aliphatic rings. The maximum atomic E-state index is 13.2. The first-order valence-electron chi connectivity index (χ1n) is 9.07. The van der Waals surface area contributed by atoms with Gasteiger partial charge in [0.15, 0.2) is 11.5 Å². The van der Waals surface area contributed by atoms with E-state index in [1.54, 1.807) is 38.1 Å². The van der Waals surface area contributed by atoms with Crippen molar-refractivity contribution in [2.45, 2.75) is 38.1 Å². The van der Waals surface area contributed by atoms with Crippen molar-refractivity contribution < 1.29 is 24.7 Å². The lowest BCUT2D eigenvalue weighted by atomic mass is 9.78. The Morgan fingerprint density at radius 3 is 2.22 bits per heavy atom. The average molecular weight is 364 g/mol. The van der Waals surface area contributed by atoms with Gasteiger partial charge < -0.3 is 15.2 Å². The fourth-order valence-corrected chi connectivity index (χ4v) is 3.81. The molecule has 1 aliphatic carbocycles. The summed E-state index contributed by atoms with van der Waals surface area (Å²) in [7, 11) is 0. The lowest BCUT2D eigenvalue weighted by Gasteiger charge is -2.42. The number of aliphatic hydroxyl groups excluding tert-OH is 1. The summed E-state index contributed by atoms with van der Waals surface area (Å²) in [5, 5.41) is 12.8. The molecule has 138 valence electrons. The second-order valence-corrected chi connectivity index (χ2v) is 7.55. The highest BCUT2D eigenvalue weighted by atomic mass is 16.5. The number of quaternary nitrogens is 1. The monoisotopic (exact) mass is 364 g/mol. The van der Waals surface area contributed by atoms with Crippen molar-refractivity contribution in [2.24, 2.45) is 0 Å². The molecule has 27 heavy (non-hydrogen) atoms. The zero-order valence-electron chi connectivity index (χ0n) is 15.3. The number of carbonyl (C=O) groups excluding carboxylic acids is 2. The van der Waals surface area contributed by atoms with Gasteiger partial charge in [-0.15, -0.1) is 0 Å². The number of fused-ring (bicyclic) bond motifs is 1. The highest BCUT2D eigenvalue weighted by Crippen LogP contribution is 2.37. The van der Waals surface area contributed by atoms with Gasteiger partial charge in [0.25, 0.3) is 0 Å². The predicted octanol–water partition coefficient (Wildman–Crippen LogP) is 1.62. The molecule has 1 heterocycles. The molecule has 0 radical (unpaired) electrons. The van der Waals surface area contributed by atoms with Crippen molar-refractivity contribution in [2.75, 3.05) is 0 Å². The molecule has 2 aromatic rings. The maximum absolute atomic E-state index is 13.2. The Balaban J connectivity index is 1.76. The average Bonchev–Trinajstić information content (AvgIpc) is 2.67. The summed E-state index contributed by atoms with van der Waals surface area (Å²) < 4.78 is 5.85. The third-order valence-electron chi connectivity index (χ3n) is 5.31. The zero-order valence-corrected chi connectivity index (χ0v) is 15.3. The number of aliphatic hydroxyl groups is 1. The Morgan fingerprint density at radius 1 is 0.963 bits per heavy atom. The van der Waals surface area contributed by atoms with Crippen molar-refractivity contribution >= 4 is 11.6 Å². The van der Waals surface area contributed by atoms with Crippen LogP contribution in [0.4, 0.5) is 0 Å². The van der Waals surface area contributed by atoms with Crippen LogP contribution in [0.1, 0.15) is 40.1 Å². The van der Waals surface area contributed by atoms with E-state index in [4.69, 9.17) is 4.74 Å². The van der Waals surface area contributed by atoms with E-state index >= 15 is 0 Å². The maximum Gasteiger partial charge on any atom is 0.229 e. The number of ether oxygens (including phenoxy) is 1. The minimum Gasteiger partial charge on any atom is -0.480 e. The molecule has 5 nitrogen and oxygen atoms in total. The van der Waals surface area contributed by atoms with Crippen LogP contribution in [0.25, 0.3) is 0 Å². The Kier molecular flexibility index (Phi) is 4.21. The number of Topliss-reactive ketones (excluding diaryl/α,β-unsaturated/α-hetero) is 2. The lowest BCUT2D eigenvalue weighted by molar-refractivity contribution is -0.706. The molecule has 0 unspecified atom stereocenters. The molecule has 0 amide bonds. The van der Waals surface area contributed by atoms with Crippen LogP contribution in [0.15, 0.2) is 65.9 Å². The van der Waals surface area contributed by atoms with Crippen LogP contribution in [0, 0.1) is 0 Å². The van der Waals surface area contributed by atoms with E-state index in [-0.39, 0.29) is 22.9 Å². The topological polar surface area (TPSA) is 80.2 Å². The number of ketones is 2. The molecule has 1 aliphatic heterocycles. The first-order valence-corrected chi connectivity index (χ1v) is 9.07. The molecule has 0 spiro atoms. The van der Waals surface area contributed by atoms with Gasteiger partial charge in [0, 0.05) is 16.7 Å². The van der Waals surface area contributed by atoms with E-state index in [2.05, 4.69) is 0 Å². The molecular weight excluding hydrogens is 342 g/mol. The third kappa shape index (κ3) is 2.89. The number of hydrogen-bond acceptors (Lipinski definition) is 4. The van der Waals surface area contributed by atoms with Gasteiger partial charge in [-0.3, -0.25) is 9.59 Å². The van der Waals surface area contributed by atoms with Crippen LogP contribution in [-0.4, -0.2) is 34.4 Å². The molecule has 5 heteroatoms. The van der Waals surface area contributed by atoms with Crippen LogP contribution in [-0.2, 0) is 11.3 Å². The third-order valence-corrected chi connectivity index (χ3v) is 5.31. The quantitative estimate of drug-likeness (QED) is 0.867. The standard InChI is InChI=1S/C22H21NO4/c1-22(2)21(26)17(23-12-13-8-4-3-5-9-13)16-18(24)14-10-6-7-11-15(14)19(25)20(16)27-22/h3-11,17,21,23,26H,12H2,1-2H3/p+1/t17-,21-/m0/s1. The summed E-state index contributed by atoms with van der Waals surface area (Å²) in [5.74, 6) is -0.467. The number of benzene rings is 2. The van der Waals surface area contributed by atoms with Gasteiger partial charge in [-0.2, -0.15) is 0 Å². The zero-order chi connectivity index (χ0) is 19.2. The summed E-state index contributed by atoms with van der Waals surface area (Å²) >= 11 is 0. The van der Waals surface area contributed by atoms with Crippen LogP contribution in [0.2, 0.25) is 0 Å². The van der Waals surface area contributed by atoms with Gasteiger partial charge in [-0.1, -0.05) is 54.6 Å². The number of hydrogen-bond donors (Lipinski definition) is 2. The fraction of sp³-hybridized carbons (Fsp3) is 0.273. The highest BCUT2D eigenvalue weighted by molar-refractivity contribution is 6.26. The van der Waals surface area contributed by atoms with Gasteiger partial charge in [-0.25, -0.2) is 0 Å². The normalized spacial score (nSPS) is 23.5. The molecule has 0 aromatic heterocycles. The van der Waals surface area contributed by atoms with Gasteiger partial charge in [0.1, 0.15) is 29.9 Å². The molecule has 0 saturated heterocycles. The van der Waals surface area contributed by atoms with E-state index in [9.17, 15) is 14.7 Å². The number of carbonyl (C=O) groups is 2. The molecule has 2 aromatic carbocycles. The van der Waals surface area contributed by atoms with E-state index < -0.39 is 17.7 Å². The van der Waals surface area contributed by atoms with Gasteiger partial charge in [0.05, 0.1) is 0 Å². The lowest BCUT2D eigenvalue weighted by Crippen LogP contribution is -2.93. The second kappa shape index (κ2) is 6.44. The van der Waals surface area contributed by atoms with Crippen LogP contribution in [0.5, 0.6) is 0 Å². The summed E-state index contributed by atoms with van der Waals surface area (Å²) in [6, 6.07) is 16.0. The Morgan fingerprint density at radius 2 is 1.56 bits per heavy atom. The highest BCUT2D eigenvalue weighted by Gasteiger charge is 2.52. The van der Waals surface area contributed by atoms with Crippen LogP contribution >= 0.6 is 0 Å². The first kappa shape index (κ1) is 17.6. The summed E-state index contributed by atoms with van der Waals surface area (Å²) in [6.07, 6.45) is -0.929. The predicted molar refractivity (Wildman–Crippen MR) is 99.2 cm³/mol. The molecule has 0 fully saturated rings. The molecule has 4 rings (SSSR count). The number of allylic oxidation sites excluding steroid dienone is 1. The summed E-state index contributed by atoms with van der Waals surface area (Å²) in [4.78, 5) is 26.1. The molecular formula is C22H22NO4+. The molecule has 2 atom stereocenters. The van der Waals surface area contributed by atoms with E-state index in [1.165, 1.54) is 0 Å². The van der Waals surface area contributed by atoms with Crippen molar-refractivity contribution in [3.8, 4) is 0 Å². The number of nitrogens with two attached hydrogens (primary N) is 1. The van der Waals surface area contributed by atoms with Crippen LogP contribution in [0.3, 0.4) is 0 Å². The van der Waals surface area contributed by atoms with Gasteiger partial charge in [0.2, 0.25) is 5.78 Å². The summed E-state index contributed by atoms with van der Waals surface area (Å²) in [6.45, 7) is 4.06. The van der Waals surface area contributed by atoms with E-state index in [0.717, 1.165) is 5.56 Å². The Labute approximate surface area is 157 Å². The SMILES string of the molecule is CC1(C)OC2=C(C(=O)c3ccccc3C2=O)[C@H]([NH2+]Cc2ccccc2)[C@@H]1O. The van der Waals surface area contributed by atoms with E-state index in [1.807, 2.05) is 35.6 Å². The minimum absolute atomic E-state index is 0.0725. The summed E-state index contributed by atoms with van der Waals surface area (Å²) in [5.41, 5.74) is 1.09. The fourth-order valence-electron chi connectivity index (χ4n) is 3.81. The molecule has 0 bridgehead atoms. The molecule has 3 N–H and O–H groups in total. The first-order chi connectivity index (χ1) is 12.9. The Hall–Kier alpha value is -2.76. The van der Waals surface area contributed by atoms with Crippen molar-refractivity contribution in [3.63, 3.8) is 0 Å². The molecule has 0 saturated carbocycles. The largest absolute Gasteiger partial charge is 0.480 e. The Bertz CT molecular complexity index is 946. The van der Waals surface area contributed by atoms with E-state index in [0.29, 0.717) is 17.7 Å². The van der Waals surface area contributed by atoms with Gasteiger partial charge >= 0.3 is 0 Å². The van der Waals surface area contributed by atoms with Crippen molar-refractivity contribution in [1.29, 1.82) is 0 Å². The van der Waals surface area contributed by atoms with Crippen molar-refractivity contribution in [1.82, 2.24) is 0 Å². The van der Waals surface area contributed by atoms with Crippen LogP contribution < -0.4 is 5.32 Å². The smallest absolute Gasteiger partial charge is 0.229 e. The van der Waals surface area contributed by atoms with Crippen molar-refractivity contribution in [3.05, 3.63) is 82.6 Å². The minimum atomic E-state index is -0.973.